The van der Waals surface area contributed by atoms with Crippen molar-refractivity contribution in [2.75, 3.05) is 53.2 Å². The number of carbonyl (C=O) groups excluding carboxylic acids is 1. The van der Waals surface area contributed by atoms with Gasteiger partial charge in [-0.25, -0.2) is 4.79 Å². The fraction of sp³-hybridized carbons (Fsp3) is 0.478. The predicted octanol–water partition coefficient (Wildman–Crippen LogP) is 2.05. The fourth-order valence-corrected chi connectivity index (χ4v) is 3.78. The summed E-state index contributed by atoms with van der Waals surface area (Å²) in [6.07, 6.45) is 0. The van der Waals surface area contributed by atoms with Gasteiger partial charge >= 0.3 is 5.97 Å². The van der Waals surface area contributed by atoms with Crippen LogP contribution in [0.25, 0.3) is 0 Å². The minimum Gasteiger partial charge on any atom is -0.493 e. The molecule has 0 aromatic heterocycles. The monoisotopic (exact) mass is 443 g/mol. The summed E-state index contributed by atoms with van der Waals surface area (Å²) in [6, 6.07) is 7.38. The van der Waals surface area contributed by atoms with Gasteiger partial charge in [-0.3, -0.25) is 4.90 Å². The van der Waals surface area contributed by atoms with E-state index in [2.05, 4.69) is 11.0 Å². The number of carbonyl (C=O) groups is 1. The highest BCUT2D eigenvalue weighted by atomic mass is 16.5. The quantitative estimate of drug-likeness (QED) is 0.603. The van der Waals surface area contributed by atoms with Gasteiger partial charge < -0.3 is 29.4 Å². The standard InChI is InChI=1S/C23H29N3O6/c1-4-30-23(27)20-15(2)32-22(25)17(14-24)21(20)16-5-6-18(28-3)19(13-16)31-12-9-26-7-10-29-11-8-26/h5-6,13,21H,4,7-12,25H2,1-3H3. The molecule has 9 nitrogen and oxygen atoms in total. The Bertz CT molecular complexity index is 944. The molecule has 2 heterocycles. The molecule has 9 heteroatoms. The maximum atomic E-state index is 12.7. The Hall–Kier alpha value is -3.22. The van der Waals surface area contributed by atoms with E-state index < -0.39 is 11.9 Å². The summed E-state index contributed by atoms with van der Waals surface area (Å²) in [7, 11) is 1.56. The van der Waals surface area contributed by atoms with Crippen LogP contribution in [0.1, 0.15) is 25.3 Å². The van der Waals surface area contributed by atoms with Gasteiger partial charge in [0.1, 0.15) is 24.0 Å². The lowest BCUT2D eigenvalue weighted by Gasteiger charge is -2.28. The van der Waals surface area contributed by atoms with E-state index in [-0.39, 0.29) is 23.6 Å². The van der Waals surface area contributed by atoms with Crippen LogP contribution >= 0.6 is 0 Å². The zero-order chi connectivity index (χ0) is 23.1. The second-order valence-electron chi connectivity index (χ2n) is 7.33. The lowest BCUT2D eigenvalue weighted by Crippen LogP contribution is -2.38. The number of nitrogens with zero attached hydrogens (tertiary/aromatic N) is 2. The van der Waals surface area contributed by atoms with Crippen molar-refractivity contribution < 1.29 is 28.5 Å². The molecule has 0 saturated carbocycles. The molecule has 0 aliphatic carbocycles. The van der Waals surface area contributed by atoms with Crippen molar-refractivity contribution in [2.24, 2.45) is 5.73 Å². The lowest BCUT2D eigenvalue weighted by molar-refractivity contribution is -0.139. The molecule has 2 aliphatic rings. The van der Waals surface area contributed by atoms with Gasteiger partial charge in [0.25, 0.3) is 0 Å². The lowest BCUT2D eigenvalue weighted by atomic mass is 9.83. The second kappa shape index (κ2) is 10.9. The van der Waals surface area contributed by atoms with Crippen molar-refractivity contribution in [1.29, 1.82) is 5.26 Å². The highest BCUT2D eigenvalue weighted by Gasteiger charge is 2.36. The highest BCUT2D eigenvalue weighted by Crippen LogP contribution is 2.42. The first kappa shape index (κ1) is 23.4. The van der Waals surface area contributed by atoms with Crippen LogP contribution in [0.4, 0.5) is 0 Å². The maximum Gasteiger partial charge on any atom is 0.338 e. The molecule has 0 bridgehead atoms. The van der Waals surface area contributed by atoms with Crippen molar-refractivity contribution in [3.63, 3.8) is 0 Å². The molecule has 1 fully saturated rings. The van der Waals surface area contributed by atoms with Gasteiger partial charge in [0.05, 0.1) is 38.4 Å². The molecule has 3 rings (SSSR count). The number of benzene rings is 1. The van der Waals surface area contributed by atoms with E-state index in [1.54, 1.807) is 39.2 Å². The number of nitriles is 1. The number of nitrogens with two attached hydrogens (primary N) is 1. The number of ether oxygens (including phenoxy) is 5. The van der Waals surface area contributed by atoms with Gasteiger partial charge in [-0.05, 0) is 31.5 Å². The summed E-state index contributed by atoms with van der Waals surface area (Å²) >= 11 is 0. The third-order valence-electron chi connectivity index (χ3n) is 5.39. The van der Waals surface area contributed by atoms with Crippen molar-refractivity contribution in [1.82, 2.24) is 4.90 Å². The number of hydrogen-bond donors (Lipinski definition) is 1. The van der Waals surface area contributed by atoms with Crippen LogP contribution in [0.2, 0.25) is 0 Å². The van der Waals surface area contributed by atoms with Crippen LogP contribution in [-0.2, 0) is 19.0 Å². The molecule has 1 saturated heterocycles. The number of esters is 1. The molecule has 32 heavy (non-hydrogen) atoms. The highest BCUT2D eigenvalue weighted by molar-refractivity contribution is 5.92. The molecule has 1 aromatic rings. The van der Waals surface area contributed by atoms with E-state index in [4.69, 9.17) is 29.4 Å². The topological polar surface area (TPSA) is 116 Å². The molecule has 172 valence electrons. The van der Waals surface area contributed by atoms with E-state index in [9.17, 15) is 10.1 Å². The smallest absolute Gasteiger partial charge is 0.338 e. The Morgan fingerprint density at radius 2 is 2.06 bits per heavy atom. The second-order valence-corrected chi connectivity index (χ2v) is 7.33. The zero-order valence-corrected chi connectivity index (χ0v) is 18.7. The number of rotatable bonds is 8. The van der Waals surface area contributed by atoms with Crippen molar-refractivity contribution in [3.05, 3.63) is 46.6 Å². The van der Waals surface area contributed by atoms with Gasteiger partial charge in [-0.1, -0.05) is 6.07 Å². The maximum absolute atomic E-state index is 12.7. The first-order valence-corrected chi connectivity index (χ1v) is 10.6. The third-order valence-corrected chi connectivity index (χ3v) is 5.39. The molecule has 0 spiro atoms. The van der Waals surface area contributed by atoms with E-state index >= 15 is 0 Å². The van der Waals surface area contributed by atoms with E-state index in [0.717, 1.165) is 32.8 Å². The molecular formula is C23H29N3O6. The van der Waals surface area contributed by atoms with Gasteiger partial charge in [-0.15, -0.1) is 0 Å². The van der Waals surface area contributed by atoms with E-state index in [0.29, 0.717) is 29.4 Å². The minimum atomic E-state index is -0.736. The van der Waals surface area contributed by atoms with Crippen LogP contribution in [0, 0.1) is 11.3 Å². The van der Waals surface area contributed by atoms with Gasteiger partial charge in [0, 0.05) is 19.6 Å². The fourth-order valence-electron chi connectivity index (χ4n) is 3.78. The number of methoxy groups -OCH3 is 1. The summed E-state index contributed by atoms with van der Waals surface area (Å²) in [5.41, 5.74) is 7.01. The SMILES string of the molecule is CCOC(=O)C1=C(C)OC(N)=C(C#N)C1c1ccc(OC)c(OCCN2CCOCC2)c1. The normalized spacial score (nSPS) is 19.2. The van der Waals surface area contributed by atoms with Crippen molar-refractivity contribution >= 4 is 5.97 Å². The Balaban J connectivity index is 1.91. The van der Waals surface area contributed by atoms with E-state index in [1.807, 2.05) is 0 Å². The summed E-state index contributed by atoms with van der Waals surface area (Å²) in [5, 5.41) is 9.75. The molecule has 1 atom stereocenters. The number of morpholine rings is 1. The number of allylic oxidation sites excluding steroid dienone is 2. The van der Waals surface area contributed by atoms with Crippen LogP contribution in [0.5, 0.6) is 11.5 Å². The molecule has 0 amide bonds. The summed E-state index contributed by atoms with van der Waals surface area (Å²) < 4.78 is 27.5. The van der Waals surface area contributed by atoms with Crippen LogP contribution in [0.15, 0.2) is 41.0 Å². The predicted molar refractivity (Wildman–Crippen MR) is 116 cm³/mol. The molecule has 1 aromatic carbocycles. The van der Waals surface area contributed by atoms with Crippen molar-refractivity contribution in [2.45, 2.75) is 19.8 Å². The first-order chi connectivity index (χ1) is 15.5. The summed E-state index contributed by atoms with van der Waals surface area (Å²) in [5.74, 6) is 0.0449. The number of hydrogen-bond acceptors (Lipinski definition) is 9. The van der Waals surface area contributed by atoms with Crippen LogP contribution in [-0.4, -0.2) is 64.0 Å². The van der Waals surface area contributed by atoms with Crippen LogP contribution in [0.3, 0.4) is 0 Å². The first-order valence-electron chi connectivity index (χ1n) is 10.6. The van der Waals surface area contributed by atoms with Gasteiger partial charge in [-0.2, -0.15) is 5.26 Å². The Morgan fingerprint density at radius 1 is 1.31 bits per heavy atom. The average molecular weight is 444 g/mol. The third kappa shape index (κ3) is 5.15. The van der Waals surface area contributed by atoms with Crippen molar-refractivity contribution in [3.8, 4) is 17.6 Å². The van der Waals surface area contributed by atoms with Gasteiger partial charge in [0.15, 0.2) is 11.5 Å². The Labute approximate surface area is 187 Å². The molecule has 0 radical (unpaired) electrons. The molecular weight excluding hydrogens is 414 g/mol. The Morgan fingerprint density at radius 3 is 2.72 bits per heavy atom. The summed E-state index contributed by atoms with van der Waals surface area (Å²) in [4.78, 5) is 15.0. The zero-order valence-electron chi connectivity index (χ0n) is 18.7. The largest absolute Gasteiger partial charge is 0.493 e. The van der Waals surface area contributed by atoms with E-state index in [1.165, 1.54) is 0 Å². The molecule has 2 aliphatic heterocycles. The average Bonchev–Trinajstić information content (AvgIpc) is 2.79. The van der Waals surface area contributed by atoms with Crippen LogP contribution < -0.4 is 15.2 Å². The molecule has 1 unspecified atom stereocenters. The molecule has 2 N–H and O–H groups in total. The Kier molecular flexibility index (Phi) is 7.98. The summed E-state index contributed by atoms with van der Waals surface area (Å²) in [6.45, 7) is 7.91. The van der Waals surface area contributed by atoms with Gasteiger partial charge in [0.2, 0.25) is 5.88 Å². The minimum absolute atomic E-state index is 0.0337.